The average molecular weight is 334 g/mol. The van der Waals surface area contributed by atoms with E-state index >= 15 is 0 Å². The van der Waals surface area contributed by atoms with Gasteiger partial charge in [0.15, 0.2) is 9.84 Å². The predicted octanol–water partition coefficient (Wildman–Crippen LogP) is 1.44. The molecule has 1 aliphatic heterocycles. The van der Waals surface area contributed by atoms with E-state index in [1.807, 2.05) is 0 Å². The van der Waals surface area contributed by atoms with Crippen molar-refractivity contribution in [1.82, 2.24) is 0 Å². The van der Waals surface area contributed by atoms with Gasteiger partial charge in [0.25, 0.3) is 0 Å². The number of benzene rings is 1. The van der Waals surface area contributed by atoms with Gasteiger partial charge in [-0.1, -0.05) is 0 Å². The summed E-state index contributed by atoms with van der Waals surface area (Å²) in [6.07, 6.45) is 0. The van der Waals surface area contributed by atoms with Crippen LogP contribution in [0.25, 0.3) is 0 Å². The third-order valence-corrected chi connectivity index (χ3v) is 5.09. The molecule has 0 radical (unpaired) electrons. The SMILES string of the molecule is Cc1cc(Br)c2c(c1)S(=O)(=O)CCN2CC(=O)O. The van der Waals surface area contributed by atoms with Gasteiger partial charge >= 0.3 is 5.97 Å². The summed E-state index contributed by atoms with van der Waals surface area (Å²) in [7, 11) is -3.32. The van der Waals surface area contributed by atoms with Crippen LogP contribution >= 0.6 is 15.9 Å². The second kappa shape index (κ2) is 4.55. The lowest BCUT2D eigenvalue weighted by Crippen LogP contribution is -2.39. The fourth-order valence-electron chi connectivity index (χ4n) is 2.02. The zero-order valence-corrected chi connectivity index (χ0v) is 12.1. The zero-order chi connectivity index (χ0) is 13.5. The molecule has 0 aliphatic carbocycles. The Morgan fingerprint density at radius 2 is 2.17 bits per heavy atom. The maximum atomic E-state index is 12.0. The van der Waals surface area contributed by atoms with Gasteiger partial charge in [-0.2, -0.15) is 0 Å². The van der Waals surface area contributed by atoms with E-state index in [-0.39, 0.29) is 23.7 Å². The Kier molecular flexibility index (Phi) is 3.37. The molecule has 0 aromatic heterocycles. The van der Waals surface area contributed by atoms with Crippen LogP contribution < -0.4 is 4.90 Å². The molecule has 0 unspecified atom stereocenters. The lowest BCUT2D eigenvalue weighted by atomic mass is 10.2. The van der Waals surface area contributed by atoms with E-state index in [0.29, 0.717) is 10.2 Å². The van der Waals surface area contributed by atoms with Crippen LogP contribution in [0.3, 0.4) is 0 Å². The minimum Gasteiger partial charge on any atom is -0.480 e. The van der Waals surface area contributed by atoms with Crippen LogP contribution in [0.5, 0.6) is 0 Å². The topological polar surface area (TPSA) is 74.7 Å². The Labute approximate surface area is 113 Å². The summed E-state index contributed by atoms with van der Waals surface area (Å²) in [5, 5.41) is 8.86. The molecular weight excluding hydrogens is 322 g/mol. The molecule has 2 rings (SSSR count). The Morgan fingerprint density at radius 3 is 2.78 bits per heavy atom. The number of hydrogen-bond donors (Lipinski definition) is 1. The normalized spacial score (nSPS) is 17.3. The Hall–Kier alpha value is -1.08. The summed E-state index contributed by atoms with van der Waals surface area (Å²) >= 11 is 3.32. The number of aliphatic carboxylic acids is 1. The van der Waals surface area contributed by atoms with Crippen LogP contribution in [0.2, 0.25) is 0 Å². The number of aryl methyl sites for hydroxylation is 1. The van der Waals surface area contributed by atoms with Crippen molar-refractivity contribution < 1.29 is 18.3 Å². The minimum atomic E-state index is -3.32. The number of carbonyl (C=O) groups is 1. The lowest BCUT2D eigenvalue weighted by Gasteiger charge is -2.30. The first kappa shape index (κ1) is 13.4. The highest BCUT2D eigenvalue weighted by Crippen LogP contribution is 2.37. The second-order valence-corrected chi connectivity index (χ2v) is 7.16. The number of sulfone groups is 1. The molecule has 0 amide bonds. The molecule has 98 valence electrons. The molecular formula is C11H12BrNO4S. The van der Waals surface area contributed by atoms with Crippen LogP contribution in [-0.2, 0) is 14.6 Å². The Bertz CT molecular complexity index is 612. The van der Waals surface area contributed by atoms with Gasteiger partial charge in [0.05, 0.1) is 16.3 Å². The van der Waals surface area contributed by atoms with Crippen molar-refractivity contribution in [3.8, 4) is 0 Å². The molecule has 7 heteroatoms. The molecule has 0 bridgehead atoms. The summed E-state index contributed by atoms with van der Waals surface area (Å²) in [4.78, 5) is 12.6. The molecule has 0 spiro atoms. The monoisotopic (exact) mass is 333 g/mol. The highest BCUT2D eigenvalue weighted by Gasteiger charge is 2.31. The van der Waals surface area contributed by atoms with Crippen molar-refractivity contribution in [3.05, 3.63) is 22.2 Å². The number of fused-ring (bicyclic) bond motifs is 1. The predicted molar refractivity (Wildman–Crippen MR) is 70.8 cm³/mol. The third-order valence-electron chi connectivity index (χ3n) is 2.78. The van der Waals surface area contributed by atoms with Crippen LogP contribution in [0, 0.1) is 6.92 Å². The van der Waals surface area contributed by atoms with Crippen LogP contribution in [0.15, 0.2) is 21.5 Å². The number of rotatable bonds is 2. The maximum Gasteiger partial charge on any atom is 0.323 e. The van der Waals surface area contributed by atoms with E-state index in [9.17, 15) is 13.2 Å². The molecule has 1 N–H and O–H groups in total. The van der Waals surface area contributed by atoms with Gasteiger partial charge < -0.3 is 10.0 Å². The fourth-order valence-corrected chi connectivity index (χ4v) is 4.56. The summed E-state index contributed by atoms with van der Waals surface area (Å²) in [6, 6.07) is 3.37. The lowest BCUT2D eigenvalue weighted by molar-refractivity contribution is -0.135. The van der Waals surface area contributed by atoms with E-state index in [1.165, 1.54) is 0 Å². The smallest absolute Gasteiger partial charge is 0.323 e. The van der Waals surface area contributed by atoms with Crippen LogP contribution in [0.4, 0.5) is 5.69 Å². The molecule has 0 fully saturated rings. The number of halogens is 1. The van der Waals surface area contributed by atoms with E-state index in [0.717, 1.165) is 5.56 Å². The standard InChI is InChI=1S/C11H12BrNO4S/c1-7-4-8(12)11-9(5-7)18(16,17)3-2-13(11)6-10(14)15/h4-5H,2-3,6H2,1H3,(H,14,15). The molecule has 1 aromatic carbocycles. The molecule has 18 heavy (non-hydrogen) atoms. The Morgan fingerprint density at radius 1 is 1.50 bits per heavy atom. The van der Waals surface area contributed by atoms with Gasteiger partial charge in [0.1, 0.15) is 6.54 Å². The number of carboxylic acids is 1. The highest BCUT2D eigenvalue weighted by molar-refractivity contribution is 9.10. The first-order chi connectivity index (χ1) is 8.31. The van der Waals surface area contributed by atoms with Crippen LogP contribution in [0.1, 0.15) is 5.56 Å². The largest absolute Gasteiger partial charge is 0.480 e. The first-order valence-electron chi connectivity index (χ1n) is 5.31. The zero-order valence-electron chi connectivity index (χ0n) is 9.68. The van der Waals surface area contributed by atoms with Crippen LogP contribution in [-0.4, -0.2) is 38.3 Å². The minimum absolute atomic E-state index is 0.0524. The van der Waals surface area contributed by atoms with Gasteiger partial charge in [-0.05, 0) is 40.5 Å². The van der Waals surface area contributed by atoms with E-state index in [2.05, 4.69) is 15.9 Å². The third kappa shape index (κ3) is 2.37. The summed E-state index contributed by atoms with van der Waals surface area (Å²) < 4.78 is 24.6. The van der Waals surface area contributed by atoms with Gasteiger partial charge in [0, 0.05) is 11.0 Å². The average Bonchev–Trinajstić information content (AvgIpc) is 2.21. The van der Waals surface area contributed by atoms with Crippen molar-refractivity contribution in [1.29, 1.82) is 0 Å². The number of carboxylic acid groups (broad SMARTS) is 1. The van der Waals surface area contributed by atoms with Crippen molar-refractivity contribution in [2.75, 3.05) is 23.7 Å². The maximum absolute atomic E-state index is 12.0. The first-order valence-corrected chi connectivity index (χ1v) is 7.75. The van der Waals surface area contributed by atoms with E-state index < -0.39 is 15.8 Å². The van der Waals surface area contributed by atoms with Gasteiger partial charge in [0.2, 0.25) is 0 Å². The number of anilines is 1. The van der Waals surface area contributed by atoms with E-state index in [4.69, 9.17) is 5.11 Å². The summed E-state index contributed by atoms with van der Waals surface area (Å²) in [5.74, 6) is -1.03. The van der Waals surface area contributed by atoms with Crippen molar-refractivity contribution in [2.45, 2.75) is 11.8 Å². The van der Waals surface area contributed by atoms with E-state index in [1.54, 1.807) is 24.0 Å². The van der Waals surface area contributed by atoms with Gasteiger partial charge in [-0.15, -0.1) is 0 Å². The molecule has 1 aliphatic rings. The molecule has 5 nitrogen and oxygen atoms in total. The fraction of sp³-hybridized carbons (Fsp3) is 0.364. The van der Waals surface area contributed by atoms with Crippen molar-refractivity contribution in [3.63, 3.8) is 0 Å². The molecule has 0 saturated carbocycles. The van der Waals surface area contributed by atoms with Gasteiger partial charge in [-0.25, -0.2) is 8.42 Å². The second-order valence-electron chi connectivity index (χ2n) is 4.23. The number of nitrogens with zero attached hydrogens (tertiary/aromatic N) is 1. The summed E-state index contributed by atoms with van der Waals surface area (Å²) in [5.41, 5.74) is 1.27. The summed E-state index contributed by atoms with van der Waals surface area (Å²) in [6.45, 7) is 1.80. The number of hydrogen-bond acceptors (Lipinski definition) is 4. The molecule has 1 heterocycles. The highest BCUT2D eigenvalue weighted by atomic mass is 79.9. The van der Waals surface area contributed by atoms with Gasteiger partial charge in [-0.3, -0.25) is 4.79 Å². The van der Waals surface area contributed by atoms with Crippen molar-refractivity contribution in [2.24, 2.45) is 0 Å². The molecule has 1 aromatic rings. The molecule has 0 atom stereocenters. The molecule has 0 saturated heterocycles. The quantitative estimate of drug-likeness (QED) is 0.886. The Balaban J connectivity index is 2.62. The van der Waals surface area contributed by atoms with Crippen molar-refractivity contribution >= 4 is 37.4 Å².